The van der Waals surface area contributed by atoms with Gasteiger partial charge in [0.2, 0.25) is 5.91 Å². The molecule has 27 heavy (non-hydrogen) atoms. The van der Waals surface area contributed by atoms with Crippen LogP contribution in [0, 0.1) is 4.77 Å². The van der Waals surface area contributed by atoms with Crippen molar-refractivity contribution < 1.29 is 14.3 Å². The summed E-state index contributed by atoms with van der Waals surface area (Å²) in [7, 11) is 1.59. The topological polar surface area (TPSA) is 81.2 Å². The predicted molar refractivity (Wildman–Crippen MR) is 107 cm³/mol. The van der Waals surface area contributed by atoms with Crippen LogP contribution in [0.4, 0.5) is 0 Å². The predicted octanol–water partition coefficient (Wildman–Crippen LogP) is 3.43. The number of aromatic nitrogens is 3. The highest BCUT2D eigenvalue weighted by atomic mass is 32.1. The fourth-order valence-corrected chi connectivity index (χ4v) is 3.58. The Kier molecular flexibility index (Phi) is 6.25. The Morgan fingerprint density at radius 1 is 1.33 bits per heavy atom. The maximum atomic E-state index is 12.6. The molecule has 9 heteroatoms. The number of hydrogen-bond acceptors (Lipinski definition) is 6. The van der Waals surface area contributed by atoms with E-state index in [9.17, 15) is 4.79 Å². The molecule has 7 nitrogen and oxygen atoms in total. The summed E-state index contributed by atoms with van der Waals surface area (Å²) in [6, 6.07) is 10.8. The maximum absolute atomic E-state index is 12.6. The van der Waals surface area contributed by atoms with Crippen molar-refractivity contribution in [2.45, 2.75) is 13.0 Å². The molecule has 0 bridgehead atoms. The normalized spacial score (nSPS) is 11.8. The van der Waals surface area contributed by atoms with Crippen LogP contribution in [-0.2, 0) is 4.79 Å². The molecule has 0 aliphatic carbocycles. The lowest BCUT2D eigenvalue weighted by atomic mass is 10.3. The van der Waals surface area contributed by atoms with E-state index >= 15 is 0 Å². The third kappa shape index (κ3) is 4.37. The highest BCUT2D eigenvalue weighted by Crippen LogP contribution is 2.26. The van der Waals surface area contributed by atoms with E-state index in [-0.39, 0.29) is 5.91 Å². The number of hydrogen-bond donors (Lipinski definition) is 2. The van der Waals surface area contributed by atoms with E-state index in [4.69, 9.17) is 21.7 Å². The van der Waals surface area contributed by atoms with E-state index in [0.29, 0.717) is 35.2 Å². The second-order valence-corrected chi connectivity index (χ2v) is 7.00. The van der Waals surface area contributed by atoms with Crippen LogP contribution in [-0.4, -0.2) is 40.9 Å². The molecule has 2 N–H and O–H groups in total. The number of carbonyl (C=O) groups excluding carboxylic acids is 1. The van der Waals surface area contributed by atoms with Crippen LogP contribution in [0.2, 0.25) is 0 Å². The van der Waals surface area contributed by atoms with Crippen molar-refractivity contribution in [1.29, 1.82) is 0 Å². The Morgan fingerprint density at radius 2 is 2.11 bits per heavy atom. The molecule has 0 fully saturated rings. The van der Waals surface area contributed by atoms with E-state index in [1.165, 1.54) is 0 Å². The second-order valence-electron chi connectivity index (χ2n) is 5.67. The van der Waals surface area contributed by atoms with Crippen LogP contribution >= 0.6 is 23.6 Å². The third-order valence-electron chi connectivity index (χ3n) is 3.94. The average molecular weight is 405 g/mol. The van der Waals surface area contributed by atoms with Crippen LogP contribution < -0.4 is 14.8 Å². The first-order valence-corrected chi connectivity index (χ1v) is 9.65. The molecule has 1 amide bonds. The van der Waals surface area contributed by atoms with Crippen molar-refractivity contribution in [2.75, 3.05) is 20.3 Å². The van der Waals surface area contributed by atoms with Crippen LogP contribution in [0.3, 0.4) is 0 Å². The zero-order valence-electron chi connectivity index (χ0n) is 15.0. The molecule has 1 atom stereocenters. The smallest absolute Gasteiger partial charge is 0.243 e. The van der Waals surface area contributed by atoms with Gasteiger partial charge in [-0.15, -0.1) is 11.3 Å². The first kappa shape index (κ1) is 19.1. The molecule has 0 radical (unpaired) electrons. The van der Waals surface area contributed by atoms with Gasteiger partial charge in [-0.2, -0.15) is 5.10 Å². The lowest BCUT2D eigenvalue weighted by Gasteiger charge is -2.16. The number of rotatable bonds is 8. The Hall–Kier alpha value is -2.65. The Labute approximate surface area is 165 Å². The summed E-state index contributed by atoms with van der Waals surface area (Å²) in [5, 5.41) is 11.8. The number of nitrogens with one attached hydrogen (secondary N) is 2. The van der Waals surface area contributed by atoms with E-state index in [1.807, 2.05) is 41.8 Å². The number of methoxy groups -OCH3 is 1. The maximum Gasteiger partial charge on any atom is 0.243 e. The molecular formula is C18H20N4O3S2. The molecule has 0 saturated heterocycles. The van der Waals surface area contributed by atoms with Gasteiger partial charge in [0.1, 0.15) is 12.6 Å². The molecule has 0 spiro atoms. The van der Waals surface area contributed by atoms with E-state index in [0.717, 1.165) is 4.88 Å². The minimum absolute atomic E-state index is 0.158. The number of H-pyrrole nitrogens is 1. The number of amides is 1. The molecule has 0 saturated carbocycles. The number of nitrogens with zero attached hydrogens (tertiary/aromatic N) is 2. The number of carbonyl (C=O) groups is 1. The molecular weight excluding hydrogens is 384 g/mol. The van der Waals surface area contributed by atoms with Gasteiger partial charge in [0.25, 0.3) is 0 Å². The number of ether oxygens (including phenoxy) is 2. The highest BCUT2D eigenvalue weighted by Gasteiger charge is 2.21. The zero-order valence-corrected chi connectivity index (χ0v) is 16.6. The SMILES string of the molecule is COc1ccccc1OCCNC(=O)C(C)n1c(-c2cccs2)n[nH]c1=S. The summed E-state index contributed by atoms with van der Waals surface area (Å²) in [5.74, 6) is 1.79. The minimum Gasteiger partial charge on any atom is -0.493 e. The largest absolute Gasteiger partial charge is 0.493 e. The van der Waals surface area contributed by atoms with Gasteiger partial charge in [-0.3, -0.25) is 14.5 Å². The number of benzene rings is 1. The summed E-state index contributed by atoms with van der Waals surface area (Å²) in [5.41, 5.74) is 0. The summed E-state index contributed by atoms with van der Waals surface area (Å²) in [6.45, 7) is 2.48. The van der Waals surface area contributed by atoms with Crippen LogP contribution in [0.5, 0.6) is 11.5 Å². The molecule has 0 aliphatic rings. The van der Waals surface area contributed by atoms with E-state index in [1.54, 1.807) is 29.9 Å². The Balaban J connectivity index is 1.59. The van der Waals surface area contributed by atoms with Gasteiger partial charge in [-0.1, -0.05) is 18.2 Å². The lowest BCUT2D eigenvalue weighted by molar-refractivity contribution is -0.123. The molecule has 2 aromatic heterocycles. The van der Waals surface area contributed by atoms with Gasteiger partial charge >= 0.3 is 0 Å². The third-order valence-corrected chi connectivity index (χ3v) is 5.09. The van der Waals surface area contributed by atoms with Crippen molar-refractivity contribution >= 4 is 29.5 Å². The summed E-state index contributed by atoms with van der Waals surface area (Å²) in [4.78, 5) is 13.5. The fraction of sp³-hybridized carbons (Fsp3) is 0.278. The van der Waals surface area contributed by atoms with Gasteiger partial charge in [-0.05, 0) is 42.7 Å². The van der Waals surface area contributed by atoms with E-state index < -0.39 is 6.04 Å². The number of para-hydroxylation sites is 2. The van der Waals surface area contributed by atoms with Crippen molar-refractivity contribution in [3.63, 3.8) is 0 Å². The minimum atomic E-state index is -0.500. The van der Waals surface area contributed by atoms with Gasteiger partial charge < -0.3 is 14.8 Å². The zero-order chi connectivity index (χ0) is 19.2. The van der Waals surface area contributed by atoms with Crippen molar-refractivity contribution in [3.05, 3.63) is 46.5 Å². The van der Waals surface area contributed by atoms with Gasteiger partial charge in [0, 0.05) is 0 Å². The summed E-state index contributed by atoms with van der Waals surface area (Å²) >= 11 is 6.84. The molecule has 0 aliphatic heterocycles. The summed E-state index contributed by atoms with van der Waals surface area (Å²) < 4.78 is 13.0. The Morgan fingerprint density at radius 3 is 2.81 bits per heavy atom. The first-order valence-electron chi connectivity index (χ1n) is 8.36. The highest BCUT2D eigenvalue weighted by molar-refractivity contribution is 7.71. The molecule has 3 aromatic rings. The quantitative estimate of drug-likeness (QED) is 0.444. The second kappa shape index (κ2) is 8.83. The van der Waals surface area contributed by atoms with Crippen molar-refractivity contribution in [3.8, 4) is 22.2 Å². The summed E-state index contributed by atoms with van der Waals surface area (Å²) in [6.07, 6.45) is 0. The van der Waals surface area contributed by atoms with E-state index in [2.05, 4.69) is 15.5 Å². The number of thiophene rings is 1. The van der Waals surface area contributed by atoms with Gasteiger partial charge in [0.15, 0.2) is 22.1 Å². The monoisotopic (exact) mass is 404 g/mol. The van der Waals surface area contributed by atoms with Crippen LogP contribution in [0.1, 0.15) is 13.0 Å². The molecule has 1 aromatic carbocycles. The Bertz CT molecular complexity index is 950. The molecule has 2 heterocycles. The average Bonchev–Trinajstić information content (AvgIpc) is 3.34. The first-order chi connectivity index (χ1) is 13.1. The van der Waals surface area contributed by atoms with Gasteiger partial charge in [-0.25, -0.2) is 0 Å². The standard InChI is InChI=1S/C18H20N4O3S2/c1-12(22-16(20-21-18(22)26)15-8-5-11-27-15)17(23)19-9-10-25-14-7-4-3-6-13(14)24-2/h3-8,11-12H,9-10H2,1-2H3,(H,19,23)(H,21,26). The fourth-order valence-electron chi connectivity index (χ4n) is 2.58. The molecule has 1 unspecified atom stereocenters. The van der Waals surface area contributed by atoms with Crippen LogP contribution in [0.25, 0.3) is 10.7 Å². The van der Waals surface area contributed by atoms with Crippen molar-refractivity contribution in [1.82, 2.24) is 20.1 Å². The van der Waals surface area contributed by atoms with Gasteiger partial charge in [0.05, 0.1) is 18.5 Å². The van der Waals surface area contributed by atoms with Crippen LogP contribution in [0.15, 0.2) is 41.8 Å². The van der Waals surface area contributed by atoms with Crippen molar-refractivity contribution in [2.24, 2.45) is 0 Å². The number of aromatic amines is 1. The molecule has 142 valence electrons. The lowest BCUT2D eigenvalue weighted by Crippen LogP contribution is -2.34. The molecule has 3 rings (SSSR count).